The molecule has 0 bridgehead atoms. The van der Waals surface area contributed by atoms with Crippen LogP contribution in [0.15, 0.2) is 42.5 Å². The average Bonchev–Trinajstić information content (AvgIpc) is 3.32. The van der Waals surface area contributed by atoms with Crippen LogP contribution in [-0.2, 0) is 10.3 Å². The Hall–Kier alpha value is -2.97. The van der Waals surface area contributed by atoms with E-state index in [9.17, 15) is 9.59 Å². The number of hydrogen-bond donors (Lipinski definition) is 1. The molecule has 0 saturated carbocycles. The Morgan fingerprint density at radius 1 is 1.03 bits per heavy atom. The van der Waals surface area contributed by atoms with Crippen molar-refractivity contribution in [3.63, 3.8) is 0 Å². The fourth-order valence-corrected chi connectivity index (χ4v) is 4.43. The molecule has 1 N–H and O–H groups in total. The first kappa shape index (κ1) is 20.0. The van der Waals surface area contributed by atoms with Crippen LogP contribution in [0.2, 0.25) is 5.02 Å². The maximum Gasteiger partial charge on any atom is 0.326 e. The minimum atomic E-state index is -1.14. The molecule has 2 fully saturated rings. The lowest BCUT2D eigenvalue weighted by Crippen LogP contribution is -2.51. The second kappa shape index (κ2) is 7.62. The average molecular weight is 443 g/mol. The minimum absolute atomic E-state index is 0.156. The summed E-state index contributed by atoms with van der Waals surface area (Å²) in [6.07, 6.45) is 0. The third kappa shape index (κ3) is 3.55. The Kier molecular flexibility index (Phi) is 4.91. The van der Waals surface area contributed by atoms with Gasteiger partial charge in [-0.1, -0.05) is 23.7 Å². The number of anilines is 1. The highest BCUT2D eigenvalue weighted by molar-refractivity contribution is 6.30. The molecule has 1 atom stereocenters. The van der Waals surface area contributed by atoms with E-state index in [2.05, 4.69) is 15.1 Å². The highest BCUT2D eigenvalue weighted by Crippen LogP contribution is 2.38. The van der Waals surface area contributed by atoms with Crippen molar-refractivity contribution in [2.24, 2.45) is 0 Å². The van der Waals surface area contributed by atoms with Crippen molar-refractivity contribution < 1.29 is 19.1 Å². The Labute approximate surface area is 185 Å². The number of imide groups is 1. The summed E-state index contributed by atoms with van der Waals surface area (Å²) in [5.41, 5.74) is 0.613. The summed E-state index contributed by atoms with van der Waals surface area (Å²) in [4.78, 5) is 31.6. The van der Waals surface area contributed by atoms with Crippen molar-refractivity contribution in [2.45, 2.75) is 12.5 Å². The lowest BCUT2D eigenvalue weighted by atomic mass is 9.92. The summed E-state index contributed by atoms with van der Waals surface area (Å²) in [7, 11) is 0. The van der Waals surface area contributed by atoms with E-state index in [0.29, 0.717) is 22.1 Å². The number of halogens is 1. The molecule has 5 rings (SSSR count). The van der Waals surface area contributed by atoms with Crippen molar-refractivity contribution >= 4 is 29.2 Å². The smallest absolute Gasteiger partial charge is 0.326 e. The number of urea groups is 1. The fourth-order valence-electron chi connectivity index (χ4n) is 4.25. The molecule has 3 heterocycles. The molecule has 31 heavy (non-hydrogen) atoms. The van der Waals surface area contributed by atoms with Crippen LogP contribution in [0.4, 0.5) is 10.5 Å². The van der Waals surface area contributed by atoms with E-state index in [1.807, 2.05) is 24.3 Å². The van der Waals surface area contributed by atoms with E-state index in [-0.39, 0.29) is 25.4 Å². The number of hydrogen-bond acceptors (Lipinski definition) is 6. The second-order valence-electron chi connectivity index (χ2n) is 8.08. The van der Waals surface area contributed by atoms with E-state index >= 15 is 0 Å². The quantitative estimate of drug-likeness (QED) is 0.734. The number of nitrogens with one attached hydrogen (secondary N) is 1. The first-order chi connectivity index (χ1) is 14.9. The molecule has 3 aliphatic heterocycles. The van der Waals surface area contributed by atoms with Gasteiger partial charge in [0, 0.05) is 36.9 Å². The van der Waals surface area contributed by atoms with Gasteiger partial charge in [-0.05, 0) is 42.8 Å². The molecule has 2 aromatic carbocycles. The summed E-state index contributed by atoms with van der Waals surface area (Å²) in [5.74, 6) is 0.948. The van der Waals surface area contributed by atoms with Gasteiger partial charge >= 0.3 is 6.03 Å². The monoisotopic (exact) mass is 442 g/mol. The number of ether oxygens (including phenoxy) is 2. The van der Waals surface area contributed by atoms with Gasteiger partial charge in [0.2, 0.25) is 6.79 Å². The standard InChI is InChI=1S/C22H23ClN4O4/c1-22(15-5-6-18-19(11-15)31-14-30-18)20(28)27(21(29)24-22)13-25-7-9-26(10-8-25)17-4-2-3-16(23)12-17/h2-6,11-12H,7-10,13-14H2,1H3,(H,24,29)/t22-/m0/s1. The number of fused-ring (bicyclic) bond motifs is 1. The molecule has 2 saturated heterocycles. The highest BCUT2D eigenvalue weighted by Gasteiger charge is 2.49. The first-order valence-corrected chi connectivity index (χ1v) is 10.6. The van der Waals surface area contributed by atoms with E-state index < -0.39 is 5.54 Å². The van der Waals surface area contributed by atoms with Crippen LogP contribution in [0, 0.1) is 0 Å². The lowest BCUT2D eigenvalue weighted by molar-refractivity contribution is -0.132. The topological polar surface area (TPSA) is 74.4 Å². The van der Waals surface area contributed by atoms with Crippen LogP contribution in [0.5, 0.6) is 11.5 Å². The van der Waals surface area contributed by atoms with Crippen molar-refractivity contribution in [1.29, 1.82) is 0 Å². The molecule has 0 spiro atoms. The van der Waals surface area contributed by atoms with Crippen molar-refractivity contribution in [2.75, 3.05) is 44.5 Å². The molecular formula is C22H23ClN4O4. The van der Waals surface area contributed by atoms with Gasteiger partial charge in [-0.2, -0.15) is 0 Å². The van der Waals surface area contributed by atoms with Crippen LogP contribution < -0.4 is 19.7 Å². The Balaban J connectivity index is 1.25. The molecule has 9 heteroatoms. The van der Waals surface area contributed by atoms with Crippen LogP contribution >= 0.6 is 11.6 Å². The third-order valence-corrected chi connectivity index (χ3v) is 6.35. The maximum atomic E-state index is 13.3. The fraction of sp³-hybridized carbons (Fsp3) is 0.364. The zero-order valence-corrected chi connectivity index (χ0v) is 17.9. The number of rotatable bonds is 4. The summed E-state index contributed by atoms with van der Waals surface area (Å²) in [6, 6.07) is 12.7. The predicted molar refractivity (Wildman–Crippen MR) is 115 cm³/mol. The molecule has 3 aliphatic rings. The van der Waals surface area contributed by atoms with Gasteiger partial charge in [-0.15, -0.1) is 0 Å². The Morgan fingerprint density at radius 3 is 2.58 bits per heavy atom. The highest BCUT2D eigenvalue weighted by atomic mass is 35.5. The lowest BCUT2D eigenvalue weighted by Gasteiger charge is -2.37. The maximum absolute atomic E-state index is 13.3. The van der Waals surface area contributed by atoms with Gasteiger partial charge in [0.1, 0.15) is 5.54 Å². The van der Waals surface area contributed by atoms with Crippen LogP contribution in [0.3, 0.4) is 0 Å². The number of carbonyl (C=O) groups is 2. The third-order valence-electron chi connectivity index (χ3n) is 6.11. The molecule has 2 aromatic rings. The van der Waals surface area contributed by atoms with Gasteiger partial charge in [-0.3, -0.25) is 9.69 Å². The first-order valence-electron chi connectivity index (χ1n) is 10.2. The summed E-state index contributed by atoms with van der Waals surface area (Å²) < 4.78 is 10.8. The van der Waals surface area contributed by atoms with E-state index in [1.54, 1.807) is 25.1 Å². The van der Waals surface area contributed by atoms with E-state index in [0.717, 1.165) is 31.9 Å². The van der Waals surface area contributed by atoms with E-state index in [1.165, 1.54) is 4.90 Å². The SMILES string of the molecule is C[C@@]1(c2ccc3c(c2)OCO3)NC(=O)N(CN2CCN(c3cccc(Cl)c3)CC2)C1=O. The summed E-state index contributed by atoms with van der Waals surface area (Å²) >= 11 is 6.11. The molecule has 3 amide bonds. The van der Waals surface area contributed by atoms with Gasteiger partial charge in [0.15, 0.2) is 11.5 Å². The zero-order valence-electron chi connectivity index (χ0n) is 17.1. The molecule has 0 unspecified atom stereocenters. The van der Waals surface area contributed by atoms with Crippen molar-refractivity contribution in [3.05, 3.63) is 53.1 Å². The zero-order chi connectivity index (χ0) is 21.6. The molecule has 0 radical (unpaired) electrons. The second-order valence-corrected chi connectivity index (χ2v) is 8.52. The molecule has 162 valence electrons. The van der Waals surface area contributed by atoms with Gasteiger partial charge < -0.3 is 19.7 Å². The van der Waals surface area contributed by atoms with Crippen LogP contribution in [0.1, 0.15) is 12.5 Å². The van der Waals surface area contributed by atoms with Crippen molar-refractivity contribution in [3.8, 4) is 11.5 Å². The van der Waals surface area contributed by atoms with Gasteiger partial charge in [0.25, 0.3) is 5.91 Å². The normalized spacial score (nSPS) is 23.4. The van der Waals surface area contributed by atoms with Gasteiger partial charge in [-0.25, -0.2) is 9.69 Å². The largest absolute Gasteiger partial charge is 0.454 e. The summed E-state index contributed by atoms with van der Waals surface area (Å²) in [6.45, 7) is 5.21. The Bertz CT molecular complexity index is 1040. The molecule has 0 aliphatic carbocycles. The number of benzene rings is 2. The summed E-state index contributed by atoms with van der Waals surface area (Å²) in [5, 5.41) is 3.57. The van der Waals surface area contributed by atoms with E-state index in [4.69, 9.17) is 21.1 Å². The molecule has 0 aromatic heterocycles. The number of piperazine rings is 1. The predicted octanol–water partition coefficient (Wildman–Crippen LogP) is 2.62. The van der Waals surface area contributed by atoms with Crippen LogP contribution in [0.25, 0.3) is 0 Å². The van der Waals surface area contributed by atoms with Crippen molar-refractivity contribution in [1.82, 2.24) is 15.1 Å². The molecule has 8 nitrogen and oxygen atoms in total. The number of nitrogens with zero attached hydrogens (tertiary/aromatic N) is 3. The van der Waals surface area contributed by atoms with Gasteiger partial charge in [0.05, 0.1) is 6.67 Å². The number of carbonyl (C=O) groups excluding carboxylic acids is 2. The molecular weight excluding hydrogens is 420 g/mol. The number of amides is 3. The minimum Gasteiger partial charge on any atom is -0.454 e. The van der Waals surface area contributed by atoms with Crippen LogP contribution in [-0.4, -0.2) is 61.4 Å². The Morgan fingerprint density at radius 2 is 1.81 bits per heavy atom.